The second-order valence-corrected chi connectivity index (χ2v) is 4.07. The van der Waals surface area contributed by atoms with E-state index in [1.165, 1.54) is 20.8 Å². The van der Waals surface area contributed by atoms with E-state index in [2.05, 4.69) is 4.98 Å². The molecule has 96 valence electrons. The standard InChI is InChI=1S/C11H17NO5/c1-4(13)7-8(5(2)14)10(11(16)17)12-9(7)6(3)15/h4-6,12-15H,1-3H3,(H,16,17). The lowest BCUT2D eigenvalue weighted by atomic mass is 9.98. The highest BCUT2D eigenvalue weighted by molar-refractivity contribution is 5.88. The van der Waals surface area contributed by atoms with E-state index in [9.17, 15) is 20.1 Å². The van der Waals surface area contributed by atoms with Crippen molar-refractivity contribution in [3.63, 3.8) is 0 Å². The quantitative estimate of drug-likeness (QED) is 0.538. The third kappa shape index (κ3) is 2.49. The van der Waals surface area contributed by atoms with Crippen LogP contribution in [0.25, 0.3) is 0 Å². The number of hydrogen-bond donors (Lipinski definition) is 5. The van der Waals surface area contributed by atoms with E-state index in [-0.39, 0.29) is 22.5 Å². The minimum Gasteiger partial charge on any atom is -0.477 e. The van der Waals surface area contributed by atoms with Crippen LogP contribution in [0.3, 0.4) is 0 Å². The van der Waals surface area contributed by atoms with E-state index in [0.717, 1.165) is 0 Å². The molecule has 0 amide bonds. The Morgan fingerprint density at radius 2 is 1.47 bits per heavy atom. The van der Waals surface area contributed by atoms with Crippen LogP contribution in [0.1, 0.15) is 66.4 Å². The summed E-state index contributed by atoms with van der Waals surface area (Å²) in [5, 5.41) is 37.8. The van der Waals surface area contributed by atoms with E-state index in [4.69, 9.17) is 5.11 Å². The first-order valence-electron chi connectivity index (χ1n) is 5.30. The summed E-state index contributed by atoms with van der Waals surface area (Å²) in [6, 6.07) is 0. The van der Waals surface area contributed by atoms with Crippen LogP contribution in [-0.4, -0.2) is 31.4 Å². The van der Waals surface area contributed by atoms with Crippen LogP contribution in [0, 0.1) is 0 Å². The van der Waals surface area contributed by atoms with Crippen molar-refractivity contribution < 1.29 is 25.2 Å². The van der Waals surface area contributed by atoms with Crippen molar-refractivity contribution >= 4 is 5.97 Å². The second kappa shape index (κ2) is 4.87. The molecule has 0 radical (unpaired) electrons. The number of hydrogen-bond acceptors (Lipinski definition) is 4. The summed E-state index contributed by atoms with van der Waals surface area (Å²) >= 11 is 0. The van der Waals surface area contributed by atoms with Crippen LogP contribution in [0.15, 0.2) is 0 Å². The minimum absolute atomic E-state index is 0.114. The van der Waals surface area contributed by atoms with Gasteiger partial charge < -0.3 is 25.4 Å². The van der Waals surface area contributed by atoms with Crippen molar-refractivity contribution in [2.45, 2.75) is 39.1 Å². The van der Waals surface area contributed by atoms with Gasteiger partial charge in [-0.1, -0.05) is 0 Å². The van der Waals surface area contributed by atoms with Crippen LogP contribution in [0.5, 0.6) is 0 Å². The van der Waals surface area contributed by atoms with Gasteiger partial charge in [0.1, 0.15) is 5.69 Å². The van der Waals surface area contributed by atoms with Crippen LogP contribution in [-0.2, 0) is 0 Å². The van der Waals surface area contributed by atoms with Crippen LogP contribution >= 0.6 is 0 Å². The van der Waals surface area contributed by atoms with E-state index >= 15 is 0 Å². The van der Waals surface area contributed by atoms with Crippen molar-refractivity contribution in [2.75, 3.05) is 0 Å². The van der Waals surface area contributed by atoms with Crippen molar-refractivity contribution in [3.05, 3.63) is 22.5 Å². The number of H-pyrrole nitrogens is 1. The highest BCUT2D eigenvalue weighted by atomic mass is 16.4. The monoisotopic (exact) mass is 243 g/mol. The summed E-state index contributed by atoms with van der Waals surface area (Å²) in [7, 11) is 0. The van der Waals surface area contributed by atoms with Gasteiger partial charge in [-0.25, -0.2) is 4.79 Å². The zero-order valence-corrected chi connectivity index (χ0v) is 9.93. The SMILES string of the molecule is CC(O)c1[nH]c(C(=O)O)c(C(C)O)c1C(C)O. The number of carboxylic acid groups (broad SMARTS) is 1. The molecule has 17 heavy (non-hydrogen) atoms. The summed E-state index contributed by atoms with van der Waals surface area (Å²) in [6.07, 6.45) is -2.98. The lowest BCUT2D eigenvalue weighted by Gasteiger charge is -2.13. The highest BCUT2D eigenvalue weighted by Crippen LogP contribution is 2.33. The van der Waals surface area contributed by atoms with E-state index < -0.39 is 24.3 Å². The van der Waals surface area contributed by atoms with E-state index in [1.807, 2.05) is 0 Å². The predicted octanol–water partition coefficient (Wildman–Crippen LogP) is 0.873. The molecule has 0 aliphatic heterocycles. The Morgan fingerprint density at radius 1 is 1.00 bits per heavy atom. The van der Waals surface area contributed by atoms with Gasteiger partial charge in [-0.3, -0.25) is 0 Å². The second-order valence-electron chi connectivity index (χ2n) is 4.07. The molecule has 0 spiro atoms. The van der Waals surface area contributed by atoms with Gasteiger partial charge in [0.25, 0.3) is 0 Å². The molecule has 1 rings (SSSR count). The maximum absolute atomic E-state index is 11.0. The Balaban J connectivity index is 3.55. The fourth-order valence-corrected chi connectivity index (χ4v) is 1.93. The van der Waals surface area contributed by atoms with E-state index in [1.54, 1.807) is 0 Å². The Kier molecular flexibility index (Phi) is 3.92. The number of aromatic amines is 1. The molecule has 0 saturated carbocycles. The molecule has 6 heteroatoms. The number of carboxylic acids is 1. The largest absolute Gasteiger partial charge is 0.477 e. The first-order valence-corrected chi connectivity index (χ1v) is 5.30. The number of aromatic carboxylic acids is 1. The number of nitrogens with one attached hydrogen (secondary N) is 1. The first-order chi connectivity index (χ1) is 7.77. The molecular formula is C11H17NO5. The average Bonchev–Trinajstić information content (AvgIpc) is 2.56. The number of carbonyl (C=O) groups is 1. The summed E-state index contributed by atoms with van der Waals surface area (Å²) in [5.74, 6) is -1.24. The first kappa shape index (κ1) is 13.7. The molecular weight excluding hydrogens is 226 g/mol. The number of aliphatic hydroxyl groups is 3. The van der Waals surface area contributed by atoms with Crippen molar-refractivity contribution in [2.24, 2.45) is 0 Å². The maximum atomic E-state index is 11.0. The van der Waals surface area contributed by atoms with Gasteiger partial charge in [-0.2, -0.15) is 0 Å². The van der Waals surface area contributed by atoms with Crippen molar-refractivity contribution in [1.29, 1.82) is 0 Å². The molecule has 0 bridgehead atoms. The molecule has 0 aromatic carbocycles. The molecule has 3 atom stereocenters. The molecule has 6 nitrogen and oxygen atoms in total. The third-order valence-electron chi connectivity index (χ3n) is 2.58. The van der Waals surface area contributed by atoms with Crippen LogP contribution < -0.4 is 0 Å². The van der Waals surface area contributed by atoms with Gasteiger partial charge in [-0.05, 0) is 20.8 Å². The summed E-state index contributed by atoms with van der Waals surface area (Å²) in [6.45, 7) is 4.31. The van der Waals surface area contributed by atoms with Gasteiger partial charge in [0.15, 0.2) is 0 Å². The Hall–Kier alpha value is -1.37. The van der Waals surface area contributed by atoms with Gasteiger partial charge in [0.2, 0.25) is 0 Å². The predicted molar refractivity (Wildman–Crippen MR) is 59.7 cm³/mol. The van der Waals surface area contributed by atoms with Gasteiger partial charge >= 0.3 is 5.97 Å². The Labute approximate surface area is 98.5 Å². The van der Waals surface area contributed by atoms with E-state index in [0.29, 0.717) is 0 Å². The molecule has 0 aliphatic carbocycles. The highest BCUT2D eigenvalue weighted by Gasteiger charge is 2.28. The summed E-state index contributed by atoms with van der Waals surface area (Å²) in [5.41, 5.74) is 0.371. The zero-order valence-electron chi connectivity index (χ0n) is 9.93. The van der Waals surface area contributed by atoms with Crippen LogP contribution in [0.2, 0.25) is 0 Å². The van der Waals surface area contributed by atoms with Gasteiger partial charge in [0.05, 0.1) is 24.0 Å². The molecule has 1 aromatic rings. The molecule has 0 fully saturated rings. The molecule has 0 saturated heterocycles. The zero-order chi connectivity index (χ0) is 13.3. The fraction of sp³-hybridized carbons (Fsp3) is 0.545. The summed E-state index contributed by atoms with van der Waals surface area (Å²) in [4.78, 5) is 13.6. The maximum Gasteiger partial charge on any atom is 0.352 e. The number of rotatable bonds is 4. The Bertz CT molecular complexity index is 420. The minimum atomic E-state index is -1.24. The van der Waals surface area contributed by atoms with Crippen molar-refractivity contribution in [1.82, 2.24) is 4.98 Å². The summed E-state index contributed by atoms with van der Waals surface area (Å²) < 4.78 is 0. The van der Waals surface area contributed by atoms with Gasteiger partial charge in [0, 0.05) is 11.1 Å². The normalized spacial score (nSPS) is 16.6. The van der Waals surface area contributed by atoms with Gasteiger partial charge in [-0.15, -0.1) is 0 Å². The Morgan fingerprint density at radius 3 is 1.76 bits per heavy atom. The van der Waals surface area contributed by atoms with Crippen molar-refractivity contribution in [3.8, 4) is 0 Å². The average molecular weight is 243 g/mol. The lowest BCUT2D eigenvalue weighted by molar-refractivity contribution is 0.0683. The topological polar surface area (TPSA) is 114 Å². The molecule has 3 unspecified atom stereocenters. The molecule has 1 heterocycles. The smallest absolute Gasteiger partial charge is 0.352 e. The number of aliphatic hydroxyl groups excluding tert-OH is 3. The third-order valence-corrected chi connectivity index (χ3v) is 2.58. The fourth-order valence-electron chi connectivity index (χ4n) is 1.93. The van der Waals surface area contributed by atoms with Crippen LogP contribution in [0.4, 0.5) is 0 Å². The molecule has 1 aromatic heterocycles. The lowest BCUT2D eigenvalue weighted by Crippen LogP contribution is -2.07. The number of aromatic nitrogens is 1. The molecule has 5 N–H and O–H groups in total. The molecule has 0 aliphatic rings.